The van der Waals surface area contributed by atoms with Gasteiger partial charge in [0.25, 0.3) is 0 Å². The topological polar surface area (TPSA) is 51.2 Å². The Labute approximate surface area is 167 Å². The molecule has 1 N–H and O–H groups in total. The van der Waals surface area contributed by atoms with E-state index in [1.54, 1.807) is 7.11 Å². The Hall–Kier alpha value is -1.92. The van der Waals surface area contributed by atoms with Crippen molar-refractivity contribution in [2.24, 2.45) is 0 Å². The third-order valence-electron chi connectivity index (χ3n) is 4.94. The van der Waals surface area contributed by atoms with Crippen molar-refractivity contribution in [1.82, 2.24) is 4.90 Å². The summed E-state index contributed by atoms with van der Waals surface area (Å²) in [4.78, 5) is 2.26. The summed E-state index contributed by atoms with van der Waals surface area (Å²) in [7, 11) is 1.67. The van der Waals surface area contributed by atoms with E-state index in [4.69, 9.17) is 14.2 Å². The number of ether oxygens (including phenoxy) is 3. The zero-order valence-electron chi connectivity index (χ0n) is 16.6. The van der Waals surface area contributed by atoms with Crippen LogP contribution >= 0.6 is 0 Å². The van der Waals surface area contributed by atoms with Crippen molar-refractivity contribution in [2.45, 2.75) is 38.2 Å². The van der Waals surface area contributed by atoms with Gasteiger partial charge in [0.15, 0.2) is 0 Å². The van der Waals surface area contributed by atoms with Gasteiger partial charge in [-0.3, -0.25) is 4.90 Å². The van der Waals surface area contributed by atoms with Gasteiger partial charge in [-0.2, -0.15) is 0 Å². The Bertz CT molecular complexity index is 671. The van der Waals surface area contributed by atoms with Crippen LogP contribution in [0.5, 0.6) is 5.75 Å². The highest BCUT2D eigenvalue weighted by Gasteiger charge is 2.21. The molecule has 28 heavy (non-hydrogen) atoms. The van der Waals surface area contributed by atoms with Crippen molar-refractivity contribution in [3.05, 3.63) is 65.7 Å². The van der Waals surface area contributed by atoms with Crippen LogP contribution < -0.4 is 4.74 Å². The lowest BCUT2D eigenvalue weighted by molar-refractivity contribution is -0.00287. The van der Waals surface area contributed by atoms with Gasteiger partial charge in [-0.15, -0.1) is 0 Å². The molecule has 1 aliphatic rings. The zero-order chi connectivity index (χ0) is 19.6. The Morgan fingerprint density at radius 3 is 2.57 bits per heavy atom. The van der Waals surface area contributed by atoms with Crippen molar-refractivity contribution in [2.75, 3.05) is 33.4 Å². The van der Waals surface area contributed by atoms with Crippen LogP contribution in [0.4, 0.5) is 0 Å². The molecule has 0 saturated carbocycles. The first-order chi connectivity index (χ1) is 13.7. The molecule has 0 aromatic heterocycles. The third-order valence-corrected chi connectivity index (χ3v) is 4.94. The number of hydrogen-bond donors (Lipinski definition) is 1. The molecule has 2 atom stereocenters. The maximum Gasteiger partial charge on any atom is 0.118 e. The van der Waals surface area contributed by atoms with E-state index >= 15 is 0 Å². The van der Waals surface area contributed by atoms with Gasteiger partial charge in [-0.05, 0) is 36.1 Å². The second-order valence-corrected chi connectivity index (χ2v) is 7.33. The first kappa shape index (κ1) is 20.8. The molecule has 2 aromatic carbocycles. The number of rotatable bonds is 11. The number of benzene rings is 2. The lowest BCUT2D eigenvalue weighted by atomic mass is 10.1. The molecule has 0 bridgehead atoms. The predicted molar refractivity (Wildman–Crippen MR) is 109 cm³/mol. The summed E-state index contributed by atoms with van der Waals surface area (Å²) in [5, 5.41) is 10.5. The summed E-state index contributed by atoms with van der Waals surface area (Å²) in [6.07, 6.45) is 1.91. The standard InChI is InChI=1S/C23H31NO4/c1-26-22-11-9-19(10-12-22)14-24(16-23-8-5-13-28-23)15-21(25)18-27-17-20-6-3-2-4-7-20/h2-4,6-7,9-12,21,23,25H,5,8,13-18H2,1H3/t21-,23+/m0/s1. The van der Waals surface area contributed by atoms with Gasteiger partial charge in [-0.25, -0.2) is 0 Å². The molecular formula is C23H31NO4. The van der Waals surface area contributed by atoms with E-state index in [1.807, 2.05) is 42.5 Å². The van der Waals surface area contributed by atoms with Crippen LogP contribution in [0.25, 0.3) is 0 Å². The monoisotopic (exact) mass is 385 g/mol. The molecule has 0 aliphatic carbocycles. The summed E-state index contributed by atoms with van der Waals surface area (Å²) in [5.74, 6) is 0.851. The number of methoxy groups -OCH3 is 1. The predicted octanol–water partition coefficient (Wildman–Crippen LogP) is 3.25. The number of aliphatic hydroxyl groups excluding tert-OH is 1. The zero-order valence-corrected chi connectivity index (χ0v) is 16.6. The van der Waals surface area contributed by atoms with Crippen molar-refractivity contribution < 1.29 is 19.3 Å². The minimum absolute atomic E-state index is 0.246. The van der Waals surface area contributed by atoms with Gasteiger partial charge >= 0.3 is 0 Å². The van der Waals surface area contributed by atoms with E-state index < -0.39 is 6.10 Å². The molecular weight excluding hydrogens is 354 g/mol. The molecule has 1 heterocycles. The molecule has 5 nitrogen and oxygen atoms in total. The maximum atomic E-state index is 10.5. The van der Waals surface area contributed by atoms with E-state index in [0.717, 1.165) is 43.9 Å². The highest BCUT2D eigenvalue weighted by atomic mass is 16.5. The molecule has 0 amide bonds. The average molecular weight is 386 g/mol. The smallest absolute Gasteiger partial charge is 0.118 e. The fourth-order valence-electron chi connectivity index (χ4n) is 3.51. The lowest BCUT2D eigenvalue weighted by Crippen LogP contribution is -2.39. The van der Waals surface area contributed by atoms with E-state index in [2.05, 4.69) is 17.0 Å². The summed E-state index contributed by atoms with van der Waals surface area (Å²) in [5.41, 5.74) is 2.31. The molecule has 0 spiro atoms. The molecule has 1 saturated heterocycles. The highest BCUT2D eigenvalue weighted by Crippen LogP contribution is 2.17. The Kier molecular flexibility index (Phi) is 8.30. The third kappa shape index (κ3) is 6.91. The molecule has 3 rings (SSSR count). The summed E-state index contributed by atoms with van der Waals surface area (Å²) in [6.45, 7) is 3.81. The van der Waals surface area contributed by atoms with E-state index in [-0.39, 0.29) is 6.10 Å². The van der Waals surface area contributed by atoms with Crippen molar-refractivity contribution in [1.29, 1.82) is 0 Å². The Balaban J connectivity index is 1.51. The van der Waals surface area contributed by atoms with Gasteiger partial charge in [0.1, 0.15) is 5.75 Å². The van der Waals surface area contributed by atoms with Crippen molar-refractivity contribution in [3.63, 3.8) is 0 Å². The quantitative estimate of drug-likeness (QED) is 0.643. The van der Waals surface area contributed by atoms with Gasteiger partial charge in [0.05, 0.1) is 32.5 Å². The van der Waals surface area contributed by atoms with Crippen LogP contribution in [0.1, 0.15) is 24.0 Å². The van der Waals surface area contributed by atoms with Crippen LogP contribution in [-0.2, 0) is 22.6 Å². The largest absolute Gasteiger partial charge is 0.497 e. The van der Waals surface area contributed by atoms with Crippen LogP contribution in [-0.4, -0.2) is 55.6 Å². The molecule has 0 unspecified atom stereocenters. The first-order valence-corrected chi connectivity index (χ1v) is 9.99. The maximum absolute atomic E-state index is 10.5. The van der Waals surface area contributed by atoms with Crippen LogP contribution in [0.3, 0.4) is 0 Å². The Morgan fingerprint density at radius 1 is 1.11 bits per heavy atom. The molecule has 1 fully saturated rings. The number of aliphatic hydroxyl groups is 1. The number of nitrogens with zero attached hydrogens (tertiary/aromatic N) is 1. The van der Waals surface area contributed by atoms with E-state index in [1.165, 1.54) is 5.56 Å². The van der Waals surface area contributed by atoms with Gasteiger partial charge in [-0.1, -0.05) is 42.5 Å². The molecule has 1 aliphatic heterocycles. The van der Waals surface area contributed by atoms with Gasteiger partial charge in [0.2, 0.25) is 0 Å². The molecule has 5 heteroatoms. The second kappa shape index (κ2) is 11.2. The molecule has 152 valence electrons. The fourth-order valence-corrected chi connectivity index (χ4v) is 3.51. The summed E-state index contributed by atoms with van der Waals surface area (Å²) >= 11 is 0. The first-order valence-electron chi connectivity index (χ1n) is 9.99. The molecule has 2 aromatic rings. The van der Waals surface area contributed by atoms with E-state index in [9.17, 15) is 5.11 Å². The van der Waals surface area contributed by atoms with Gasteiger partial charge < -0.3 is 19.3 Å². The van der Waals surface area contributed by atoms with Crippen molar-refractivity contribution >= 4 is 0 Å². The van der Waals surface area contributed by atoms with E-state index in [0.29, 0.717) is 19.8 Å². The number of hydrogen-bond acceptors (Lipinski definition) is 5. The second-order valence-electron chi connectivity index (χ2n) is 7.33. The SMILES string of the molecule is COc1ccc(CN(C[C@H](O)COCc2ccccc2)C[C@H]2CCCO2)cc1. The summed E-state index contributed by atoms with van der Waals surface area (Å²) < 4.78 is 16.7. The van der Waals surface area contributed by atoms with Crippen LogP contribution in [0.2, 0.25) is 0 Å². The molecule has 0 radical (unpaired) electrons. The summed E-state index contributed by atoms with van der Waals surface area (Å²) in [6, 6.07) is 18.1. The van der Waals surface area contributed by atoms with Gasteiger partial charge in [0, 0.05) is 26.2 Å². The minimum Gasteiger partial charge on any atom is -0.497 e. The fraction of sp³-hybridized carbons (Fsp3) is 0.478. The average Bonchev–Trinajstić information content (AvgIpc) is 3.22. The van der Waals surface area contributed by atoms with Crippen LogP contribution in [0.15, 0.2) is 54.6 Å². The Morgan fingerprint density at radius 2 is 1.89 bits per heavy atom. The van der Waals surface area contributed by atoms with Crippen molar-refractivity contribution in [3.8, 4) is 5.75 Å². The normalized spacial score (nSPS) is 17.8. The minimum atomic E-state index is -0.539. The lowest BCUT2D eigenvalue weighted by Gasteiger charge is -2.27. The van der Waals surface area contributed by atoms with Crippen LogP contribution in [0, 0.1) is 0 Å². The highest BCUT2D eigenvalue weighted by molar-refractivity contribution is 5.27.